The predicted molar refractivity (Wildman–Crippen MR) is 140 cm³/mol. The molecule has 3 aromatic carbocycles. The predicted octanol–water partition coefficient (Wildman–Crippen LogP) is 5.96. The minimum Gasteiger partial charge on any atom is -0.487 e. The van der Waals surface area contributed by atoms with Gasteiger partial charge in [-0.15, -0.1) is 0 Å². The van der Waals surface area contributed by atoms with Gasteiger partial charge in [0.1, 0.15) is 23.8 Å². The molecule has 0 amide bonds. The van der Waals surface area contributed by atoms with Crippen LogP contribution >= 0.6 is 0 Å². The Morgan fingerprint density at radius 2 is 1.62 bits per heavy atom. The molecule has 0 unspecified atom stereocenters. The molecule has 2 aromatic heterocycles. The number of benzene rings is 3. The minimum absolute atomic E-state index is 0.0614. The van der Waals surface area contributed by atoms with Crippen LogP contribution in [0.1, 0.15) is 22.6 Å². The summed E-state index contributed by atoms with van der Waals surface area (Å²) in [5.41, 5.74) is 5.17. The number of carbonyl (C=O) groups is 1. The van der Waals surface area contributed by atoms with Crippen molar-refractivity contribution in [3.8, 4) is 28.5 Å². The first-order valence-corrected chi connectivity index (χ1v) is 12.1. The number of oxazole rings is 1. The van der Waals surface area contributed by atoms with Crippen LogP contribution in [0.4, 0.5) is 0 Å². The SMILES string of the molecule is Cc1oc(-c2ccccc2)nc1COc1ccc(CCn2cc(CC(=O)O)c(-c3ccccc3)n2)cc1. The van der Waals surface area contributed by atoms with Crippen LogP contribution in [0.25, 0.3) is 22.7 Å². The smallest absolute Gasteiger partial charge is 0.307 e. The average molecular weight is 494 g/mol. The lowest BCUT2D eigenvalue weighted by Gasteiger charge is -2.07. The van der Waals surface area contributed by atoms with Crippen LogP contribution < -0.4 is 4.74 Å². The molecule has 7 nitrogen and oxygen atoms in total. The molecule has 1 N–H and O–H groups in total. The Balaban J connectivity index is 1.20. The zero-order chi connectivity index (χ0) is 25.6. The van der Waals surface area contributed by atoms with Crippen molar-refractivity contribution in [2.24, 2.45) is 0 Å². The first kappa shape index (κ1) is 24.1. The molecule has 37 heavy (non-hydrogen) atoms. The van der Waals surface area contributed by atoms with E-state index in [1.54, 1.807) is 0 Å². The molecule has 0 spiro atoms. The summed E-state index contributed by atoms with van der Waals surface area (Å²) in [5.74, 6) is 1.21. The van der Waals surface area contributed by atoms with E-state index in [-0.39, 0.29) is 6.42 Å². The number of carboxylic acids is 1. The van der Waals surface area contributed by atoms with Crippen molar-refractivity contribution in [2.45, 2.75) is 32.9 Å². The standard InChI is InChI=1S/C30H27N3O4/c1-21-27(31-30(37-21)24-10-6-3-7-11-24)20-36-26-14-12-22(13-15-26)16-17-33-19-25(18-28(34)35)29(32-33)23-8-4-2-5-9-23/h2-15,19H,16-18,20H2,1H3,(H,34,35). The molecule has 0 aliphatic heterocycles. The number of carboxylic acid groups (broad SMARTS) is 1. The van der Waals surface area contributed by atoms with Crippen LogP contribution in [0, 0.1) is 6.92 Å². The van der Waals surface area contributed by atoms with Crippen molar-refractivity contribution in [3.63, 3.8) is 0 Å². The van der Waals surface area contributed by atoms with Crippen molar-refractivity contribution in [1.82, 2.24) is 14.8 Å². The second-order valence-corrected chi connectivity index (χ2v) is 8.77. The normalized spacial score (nSPS) is 10.9. The second-order valence-electron chi connectivity index (χ2n) is 8.77. The summed E-state index contributed by atoms with van der Waals surface area (Å²) in [6.07, 6.45) is 2.53. The fourth-order valence-corrected chi connectivity index (χ4v) is 4.12. The molecule has 0 fully saturated rings. The van der Waals surface area contributed by atoms with Crippen LogP contribution in [0.5, 0.6) is 5.75 Å². The molecule has 0 aliphatic rings. The average Bonchev–Trinajstić information content (AvgIpc) is 3.50. The molecule has 0 radical (unpaired) electrons. The molecule has 5 rings (SSSR count). The summed E-state index contributed by atoms with van der Waals surface area (Å²) in [5, 5.41) is 14.0. The van der Waals surface area contributed by atoms with E-state index in [2.05, 4.69) is 10.1 Å². The third-order valence-electron chi connectivity index (χ3n) is 6.07. The first-order chi connectivity index (χ1) is 18.0. The Labute approximate surface area is 215 Å². The molecule has 0 aliphatic carbocycles. The van der Waals surface area contributed by atoms with Crippen molar-refractivity contribution in [1.29, 1.82) is 0 Å². The van der Waals surface area contributed by atoms with E-state index < -0.39 is 5.97 Å². The van der Waals surface area contributed by atoms with E-state index in [0.29, 0.717) is 30.3 Å². The number of nitrogens with zero attached hydrogens (tertiary/aromatic N) is 3. The molecule has 7 heteroatoms. The summed E-state index contributed by atoms with van der Waals surface area (Å²) in [6.45, 7) is 2.85. The Morgan fingerprint density at radius 1 is 0.946 bits per heavy atom. The summed E-state index contributed by atoms with van der Waals surface area (Å²) < 4.78 is 13.6. The lowest BCUT2D eigenvalue weighted by Crippen LogP contribution is -2.02. The Hall–Kier alpha value is -4.65. The van der Waals surface area contributed by atoms with Crippen LogP contribution in [-0.4, -0.2) is 25.8 Å². The van der Waals surface area contributed by atoms with Gasteiger partial charge in [0.05, 0.1) is 12.1 Å². The monoisotopic (exact) mass is 493 g/mol. The molecule has 2 heterocycles. The van der Waals surface area contributed by atoms with Gasteiger partial charge in [-0.2, -0.15) is 5.10 Å². The van der Waals surface area contributed by atoms with E-state index in [0.717, 1.165) is 40.3 Å². The number of ether oxygens (including phenoxy) is 1. The van der Waals surface area contributed by atoms with Gasteiger partial charge in [-0.05, 0) is 43.2 Å². The van der Waals surface area contributed by atoms with Crippen molar-refractivity contribution in [2.75, 3.05) is 0 Å². The van der Waals surface area contributed by atoms with Gasteiger partial charge >= 0.3 is 5.97 Å². The largest absolute Gasteiger partial charge is 0.487 e. The van der Waals surface area contributed by atoms with E-state index in [1.807, 2.05) is 103 Å². The molecule has 0 saturated carbocycles. The summed E-state index contributed by atoms with van der Waals surface area (Å²) >= 11 is 0. The van der Waals surface area contributed by atoms with Crippen LogP contribution in [0.3, 0.4) is 0 Å². The highest BCUT2D eigenvalue weighted by Crippen LogP contribution is 2.24. The zero-order valence-corrected chi connectivity index (χ0v) is 20.5. The first-order valence-electron chi connectivity index (χ1n) is 12.1. The van der Waals surface area contributed by atoms with Gasteiger partial charge in [0.2, 0.25) is 5.89 Å². The second kappa shape index (κ2) is 11.0. The van der Waals surface area contributed by atoms with E-state index in [9.17, 15) is 9.90 Å². The van der Waals surface area contributed by atoms with Crippen molar-refractivity contribution in [3.05, 3.63) is 114 Å². The van der Waals surface area contributed by atoms with Gasteiger partial charge in [0, 0.05) is 29.4 Å². The van der Waals surface area contributed by atoms with Crippen LogP contribution in [0.15, 0.2) is 95.5 Å². The molecule has 186 valence electrons. The molecular weight excluding hydrogens is 466 g/mol. The highest BCUT2D eigenvalue weighted by atomic mass is 16.5. The Bertz CT molecular complexity index is 1470. The fraction of sp³-hybridized carbons (Fsp3) is 0.167. The quantitative estimate of drug-likeness (QED) is 0.258. The zero-order valence-electron chi connectivity index (χ0n) is 20.5. The van der Waals surface area contributed by atoms with Crippen molar-refractivity contribution < 1.29 is 19.1 Å². The molecule has 0 saturated heterocycles. The van der Waals surface area contributed by atoms with Crippen LogP contribution in [0.2, 0.25) is 0 Å². The molecular formula is C30H27N3O4. The van der Waals surface area contributed by atoms with Gasteiger partial charge in [0.15, 0.2) is 0 Å². The summed E-state index contributed by atoms with van der Waals surface area (Å²) in [6, 6.07) is 27.4. The number of rotatable bonds is 10. The number of hydrogen-bond acceptors (Lipinski definition) is 5. The minimum atomic E-state index is -0.871. The van der Waals surface area contributed by atoms with Gasteiger partial charge < -0.3 is 14.3 Å². The van der Waals surface area contributed by atoms with Gasteiger partial charge in [-0.3, -0.25) is 9.48 Å². The third kappa shape index (κ3) is 5.95. The molecule has 0 bridgehead atoms. The van der Waals surface area contributed by atoms with Crippen molar-refractivity contribution >= 4 is 5.97 Å². The number of aromatic nitrogens is 3. The summed E-state index contributed by atoms with van der Waals surface area (Å²) in [7, 11) is 0. The number of aryl methyl sites for hydroxylation is 3. The maximum Gasteiger partial charge on any atom is 0.307 e. The number of aliphatic carboxylic acids is 1. The highest BCUT2D eigenvalue weighted by Gasteiger charge is 2.14. The van der Waals surface area contributed by atoms with Gasteiger partial charge in [0.25, 0.3) is 0 Å². The maximum absolute atomic E-state index is 11.3. The molecule has 5 aromatic rings. The lowest BCUT2D eigenvalue weighted by atomic mass is 10.1. The van der Waals surface area contributed by atoms with Crippen LogP contribution in [-0.2, 0) is 30.8 Å². The van der Waals surface area contributed by atoms with E-state index in [1.165, 1.54) is 0 Å². The van der Waals surface area contributed by atoms with Gasteiger partial charge in [-0.1, -0.05) is 60.7 Å². The maximum atomic E-state index is 11.3. The van der Waals surface area contributed by atoms with E-state index >= 15 is 0 Å². The fourth-order valence-electron chi connectivity index (χ4n) is 4.12. The topological polar surface area (TPSA) is 90.4 Å². The Morgan fingerprint density at radius 3 is 2.30 bits per heavy atom. The number of hydrogen-bond donors (Lipinski definition) is 1. The Kier molecular flexibility index (Phi) is 7.12. The van der Waals surface area contributed by atoms with Gasteiger partial charge in [-0.25, -0.2) is 4.98 Å². The summed E-state index contributed by atoms with van der Waals surface area (Å²) in [4.78, 5) is 15.9. The molecule has 0 atom stereocenters. The van der Waals surface area contributed by atoms with E-state index in [4.69, 9.17) is 9.15 Å². The lowest BCUT2D eigenvalue weighted by molar-refractivity contribution is -0.136. The highest BCUT2D eigenvalue weighted by molar-refractivity contribution is 5.74. The third-order valence-corrected chi connectivity index (χ3v) is 6.07.